The number of nitrogens with two attached hydrogens (primary N) is 1. The van der Waals surface area contributed by atoms with Crippen molar-refractivity contribution < 1.29 is 13.9 Å². The molecule has 39 heavy (non-hydrogen) atoms. The number of aromatic nitrogens is 2. The van der Waals surface area contributed by atoms with Crippen LogP contribution in [-0.2, 0) is 6.54 Å². The number of anilines is 1. The van der Waals surface area contributed by atoms with Crippen LogP contribution in [0.25, 0.3) is 11.1 Å². The Morgan fingerprint density at radius 1 is 1.18 bits per heavy atom. The number of nitrogens with zero attached hydrogens (tertiary/aromatic N) is 4. The normalized spacial score (nSPS) is 14.1. The van der Waals surface area contributed by atoms with Gasteiger partial charge in [0.05, 0.1) is 29.7 Å². The summed E-state index contributed by atoms with van der Waals surface area (Å²) in [6, 6.07) is 15.3. The molecule has 0 bridgehead atoms. The molecule has 1 amide bonds. The highest BCUT2D eigenvalue weighted by molar-refractivity contribution is 5.92. The fraction of sp³-hybridized carbons (Fsp3) is 0.267. The molecule has 1 fully saturated rings. The van der Waals surface area contributed by atoms with Gasteiger partial charge in [0, 0.05) is 43.0 Å². The van der Waals surface area contributed by atoms with Gasteiger partial charge in [0.15, 0.2) is 0 Å². The first-order valence-corrected chi connectivity index (χ1v) is 12.9. The SMILES string of the molecule is Cc1cc(C#N)cc(C)c1Oc1nc(NC2CCN(Cc3ccc(C(N)=O)cc3)CC2)ncc1-c1ccoc1. The standard InChI is InChI=1S/C30H30N6O3/c1-19-13-22(15-31)14-20(2)27(19)39-29-26(24-9-12-38-18-24)16-33-30(35-29)34-25-7-10-36(11-8-25)17-21-3-5-23(6-4-21)28(32)37/h3-6,9,12-14,16,18,25H,7-8,10-11,17H2,1-2H3,(H2,32,37)(H,33,34,35). The molecule has 0 radical (unpaired) electrons. The molecule has 2 aromatic carbocycles. The Kier molecular flexibility index (Phi) is 7.57. The highest BCUT2D eigenvalue weighted by atomic mass is 16.5. The Bertz CT molecular complexity index is 1480. The van der Waals surface area contributed by atoms with Crippen LogP contribution in [-0.4, -0.2) is 39.9 Å². The lowest BCUT2D eigenvalue weighted by molar-refractivity contribution is 0.1000. The molecule has 0 saturated carbocycles. The van der Waals surface area contributed by atoms with Gasteiger partial charge in [0.25, 0.3) is 0 Å². The Balaban J connectivity index is 1.28. The van der Waals surface area contributed by atoms with Crippen molar-refractivity contribution in [3.63, 3.8) is 0 Å². The van der Waals surface area contributed by atoms with E-state index in [9.17, 15) is 10.1 Å². The number of rotatable bonds is 8. The highest BCUT2D eigenvalue weighted by Crippen LogP contribution is 2.35. The van der Waals surface area contributed by atoms with Gasteiger partial charge in [0.1, 0.15) is 5.75 Å². The lowest BCUT2D eigenvalue weighted by Gasteiger charge is -2.32. The molecule has 9 nitrogen and oxygen atoms in total. The van der Waals surface area contributed by atoms with E-state index in [1.54, 1.807) is 43.0 Å². The van der Waals surface area contributed by atoms with Crippen molar-refractivity contribution in [2.45, 2.75) is 39.3 Å². The van der Waals surface area contributed by atoms with E-state index in [-0.39, 0.29) is 6.04 Å². The molecular weight excluding hydrogens is 492 g/mol. The van der Waals surface area contributed by atoms with Gasteiger partial charge in [-0.1, -0.05) is 12.1 Å². The quantitative estimate of drug-likeness (QED) is 0.323. The average molecular weight is 523 g/mol. The summed E-state index contributed by atoms with van der Waals surface area (Å²) in [4.78, 5) is 23.0. The minimum Gasteiger partial charge on any atom is -0.472 e. The minimum atomic E-state index is -0.413. The van der Waals surface area contributed by atoms with Crippen molar-refractivity contribution in [2.24, 2.45) is 5.73 Å². The summed E-state index contributed by atoms with van der Waals surface area (Å²) in [5.41, 5.74) is 10.9. The molecule has 1 saturated heterocycles. The summed E-state index contributed by atoms with van der Waals surface area (Å²) in [5, 5.41) is 12.8. The number of benzene rings is 2. The molecule has 3 heterocycles. The van der Waals surface area contributed by atoms with Crippen LogP contribution in [0.3, 0.4) is 0 Å². The van der Waals surface area contributed by atoms with Crippen LogP contribution >= 0.6 is 0 Å². The van der Waals surface area contributed by atoms with Crippen molar-refractivity contribution in [2.75, 3.05) is 18.4 Å². The van der Waals surface area contributed by atoms with Crippen LogP contribution in [0.2, 0.25) is 0 Å². The molecule has 9 heteroatoms. The summed E-state index contributed by atoms with van der Waals surface area (Å²) in [6.07, 6.45) is 6.86. The Hall–Kier alpha value is -4.68. The van der Waals surface area contributed by atoms with Gasteiger partial charge in [-0.25, -0.2) is 4.98 Å². The van der Waals surface area contributed by atoms with E-state index in [0.29, 0.717) is 28.7 Å². The number of nitriles is 1. The van der Waals surface area contributed by atoms with E-state index in [1.165, 1.54) is 0 Å². The van der Waals surface area contributed by atoms with Crippen molar-refractivity contribution in [1.82, 2.24) is 14.9 Å². The number of furan rings is 1. The molecule has 0 unspecified atom stereocenters. The van der Waals surface area contributed by atoms with Crippen molar-refractivity contribution in [1.29, 1.82) is 5.26 Å². The Morgan fingerprint density at radius 2 is 1.90 bits per heavy atom. The van der Waals surface area contributed by atoms with Gasteiger partial charge in [-0.15, -0.1) is 0 Å². The third-order valence-electron chi connectivity index (χ3n) is 6.94. The van der Waals surface area contributed by atoms with Crippen LogP contribution in [0.15, 0.2) is 65.6 Å². The lowest BCUT2D eigenvalue weighted by Crippen LogP contribution is -2.39. The van der Waals surface area contributed by atoms with Crippen LogP contribution in [0.1, 0.15) is 45.5 Å². The van der Waals surface area contributed by atoms with E-state index >= 15 is 0 Å². The van der Waals surface area contributed by atoms with E-state index in [0.717, 1.165) is 60.3 Å². The number of carbonyl (C=O) groups is 1. The molecule has 0 spiro atoms. The molecule has 1 aliphatic heterocycles. The summed E-state index contributed by atoms with van der Waals surface area (Å²) < 4.78 is 11.6. The lowest BCUT2D eigenvalue weighted by atomic mass is 10.0. The van der Waals surface area contributed by atoms with Gasteiger partial charge in [-0.3, -0.25) is 9.69 Å². The number of nitrogens with one attached hydrogen (secondary N) is 1. The zero-order chi connectivity index (χ0) is 27.4. The summed E-state index contributed by atoms with van der Waals surface area (Å²) in [7, 11) is 0. The van der Waals surface area contributed by atoms with Gasteiger partial charge < -0.3 is 20.2 Å². The Morgan fingerprint density at radius 3 is 2.51 bits per heavy atom. The maximum Gasteiger partial charge on any atom is 0.248 e. The first kappa shape index (κ1) is 25.9. The first-order valence-electron chi connectivity index (χ1n) is 12.9. The molecular formula is C30H30N6O3. The second-order valence-corrected chi connectivity index (χ2v) is 9.83. The van der Waals surface area contributed by atoms with Crippen LogP contribution < -0.4 is 15.8 Å². The predicted octanol–water partition coefficient (Wildman–Crippen LogP) is 5.19. The number of amides is 1. The number of hydrogen-bond acceptors (Lipinski definition) is 8. The van der Waals surface area contributed by atoms with Crippen molar-refractivity contribution in [3.05, 3.63) is 89.0 Å². The maximum absolute atomic E-state index is 11.3. The third kappa shape index (κ3) is 6.08. The highest BCUT2D eigenvalue weighted by Gasteiger charge is 2.22. The van der Waals surface area contributed by atoms with Gasteiger partial charge in [-0.05, 0) is 73.7 Å². The minimum absolute atomic E-state index is 0.226. The monoisotopic (exact) mass is 522 g/mol. The molecule has 2 aromatic heterocycles. The van der Waals surface area contributed by atoms with Crippen molar-refractivity contribution in [3.8, 4) is 28.8 Å². The number of carbonyl (C=O) groups excluding carboxylic acids is 1. The van der Waals surface area contributed by atoms with E-state index in [4.69, 9.17) is 19.9 Å². The van der Waals surface area contributed by atoms with E-state index < -0.39 is 5.91 Å². The number of likely N-dealkylation sites (tertiary alicyclic amines) is 1. The molecule has 0 aliphatic carbocycles. The zero-order valence-electron chi connectivity index (χ0n) is 22.0. The summed E-state index contributed by atoms with van der Waals surface area (Å²) in [6.45, 7) is 6.51. The second-order valence-electron chi connectivity index (χ2n) is 9.83. The second kappa shape index (κ2) is 11.4. The third-order valence-corrected chi connectivity index (χ3v) is 6.94. The molecule has 5 rings (SSSR count). The average Bonchev–Trinajstić information content (AvgIpc) is 3.47. The molecule has 198 valence electrons. The largest absolute Gasteiger partial charge is 0.472 e. The summed E-state index contributed by atoms with van der Waals surface area (Å²) >= 11 is 0. The molecule has 0 atom stereocenters. The molecule has 1 aliphatic rings. The number of ether oxygens (including phenoxy) is 1. The summed E-state index contributed by atoms with van der Waals surface area (Å²) in [5.74, 6) is 1.17. The van der Waals surface area contributed by atoms with Gasteiger partial charge >= 0.3 is 0 Å². The Labute approximate surface area is 227 Å². The predicted molar refractivity (Wildman–Crippen MR) is 147 cm³/mol. The fourth-order valence-corrected chi connectivity index (χ4v) is 4.85. The van der Waals surface area contributed by atoms with Crippen molar-refractivity contribution >= 4 is 11.9 Å². The number of primary amides is 1. The number of aryl methyl sites for hydroxylation is 2. The van der Waals surface area contributed by atoms with E-state index in [1.807, 2.05) is 32.0 Å². The number of hydrogen-bond donors (Lipinski definition) is 2. The zero-order valence-corrected chi connectivity index (χ0v) is 22.0. The van der Waals surface area contributed by atoms with E-state index in [2.05, 4.69) is 21.3 Å². The topological polar surface area (TPSA) is 130 Å². The molecule has 4 aromatic rings. The number of piperidine rings is 1. The van der Waals surface area contributed by atoms with Gasteiger partial charge in [0.2, 0.25) is 17.7 Å². The van der Waals surface area contributed by atoms with Crippen LogP contribution in [0.4, 0.5) is 5.95 Å². The fourth-order valence-electron chi connectivity index (χ4n) is 4.85. The smallest absolute Gasteiger partial charge is 0.248 e. The van der Waals surface area contributed by atoms with Crippen LogP contribution in [0, 0.1) is 25.2 Å². The maximum atomic E-state index is 11.3. The van der Waals surface area contributed by atoms with Crippen LogP contribution in [0.5, 0.6) is 11.6 Å². The first-order chi connectivity index (χ1) is 18.9. The molecule has 3 N–H and O–H groups in total. The van der Waals surface area contributed by atoms with Gasteiger partial charge in [-0.2, -0.15) is 10.2 Å².